The van der Waals surface area contributed by atoms with Crippen LogP contribution in [0, 0.1) is 0 Å². The molecule has 24 rings (SSSR count). The molecular formula is C105H66N4S. The largest absolute Gasteiger partial charge is 0.309 e. The summed E-state index contributed by atoms with van der Waals surface area (Å²) in [7, 11) is 0. The minimum Gasteiger partial charge on any atom is -0.309 e. The quantitative estimate of drug-likeness (QED) is 0.144. The van der Waals surface area contributed by atoms with Crippen LogP contribution in [0.25, 0.3) is 207 Å². The summed E-state index contributed by atoms with van der Waals surface area (Å²) in [6.07, 6.45) is 0.968. The summed E-state index contributed by atoms with van der Waals surface area (Å²) in [5.74, 6) is 0. The van der Waals surface area contributed by atoms with Crippen LogP contribution in [0.2, 0.25) is 0 Å². The standard InChI is InChI=1S/C53H34N2.C52H32N2S/c1-2-11-34(12-3-1)37-16-10-17-42(30-37)55-50-27-23-39(33-47(50)53-51(55)28-24-41-29-40-15-6-7-18-44(40)52(41)53)38-22-26-49-46(32-38)45-19-8-9-20-48(45)54(49)43-25-21-35-13-4-5-14-36(35)31-43;1-2-11-33(12-3-1)36-15-10-16-39(27-36)54-49-26-23-38(30-44(49)45-32-52-46(31-50(45)54)42-18-7-9-20-51(42)55-52)37-22-25-48-43(29-37)41-17-6-8-19-47(41)53(48)40-24-21-34-13-4-5-14-35(34)28-40/h1-28,30-33H,29H2;1-32H. The third-order valence-corrected chi connectivity index (χ3v) is 24.5. The normalized spacial score (nSPS) is 12.1. The fourth-order valence-corrected chi connectivity index (χ4v) is 19.4. The van der Waals surface area contributed by atoms with E-state index in [1.807, 2.05) is 11.3 Å². The number of rotatable bonds is 8. The van der Waals surface area contributed by atoms with E-state index in [1.54, 1.807) is 0 Å². The van der Waals surface area contributed by atoms with Crippen LogP contribution < -0.4 is 0 Å². The van der Waals surface area contributed by atoms with Crippen molar-refractivity contribution in [3.63, 3.8) is 0 Å². The number of hydrogen-bond donors (Lipinski definition) is 0. The van der Waals surface area contributed by atoms with E-state index in [2.05, 4.69) is 407 Å². The van der Waals surface area contributed by atoms with Gasteiger partial charge in [-0.15, -0.1) is 11.3 Å². The SMILES string of the molecule is c1ccc(-c2cccc(-n3c4ccc(-c5ccc6c(c5)c5ccccc5n6-c5ccc6ccccc6c5)cc4c4c5c(ccc43)Cc3ccccc3-5)c2)cc1.c1ccc(-c2cccc(-n3c4ccc(-c5ccc6c(c5)c5ccccc5n6-c5ccc6ccccc6c5)cc4c4cc5sc6ccccc6c5cc43)c2)cc1. The van der Waals surface area contributed by atoms with Crippen molar-refractivity contribution in [2.75, 3.05) is 0 Å². The molecule has 0 N–H and O–H groups in total. The molecule has 0 aliphatic heterocycles. The predicted octanol–water partition coefficient (Wildman–Crippen LogP) is 28.7. The van der Waals surface area contributed by atoms with Gasteiger partial charge in [-0.3, -0.25) is 0 Å². The Balaban J connectivity index is 0.000000132. The Morgan fingerprint density at radius 3 is 1.16 bits per heavy atom. The summed E-state index contributed by atoms with van der Waals surface area (Å²) in [4.78, 5) is 0. The smallest absolute Gasteiger partial charge is 0.0548 e. The highest BCUT2D eigenvalue weighted by Crippen LogP contribution is 2.49. The van der Waals surface area contributed by atoms with E-state index >= 15 is 0 Å². The molecule has 18 aromatic carbocycles. The van der Waals surface area contributed by atoms with Gasteiger partial charge < -0.3 is 18.3 Å². The van der Waals surface area contributed by atoms with Crippen LogP contribution in [0.4, 0.5) is 0 Å². The second-order valence-corrected chi connectivity index (χ2v) is 30.6. The van der Waals surface area contributed by atoms with Gasteiger partial charge >= 0.3 is 0 Å². The zero-order valence-corrected chi connectivity index (χ0v) is 60.7. The number of nitrogens with zero attached hydrogens (tertiary/aromatic N) is 4. The molecule has 0 saturated carbocycles. The van der Waals surface area contributed by atoms with Gasteiger partial charge in [-0.05, 0) is 228 Å². The summed E-state index contributed by atoms with van der Waals surface area (Å²) in [6, 6.07) is 143. The summed E-state index contributed by atoms with van der Waals surface area (Å²) < 4.78 is 12.4. The predicted molar refractivity (Wildman–Crippen MR) is 468 cm³/mol. The first kappa shape index (κ1) is 62.1. The van der Waals surface area contributed by atoms with Crippen molar-refractivity contribution in [2.45, 2.75) is 6.42 Å². The maximum Gasteiger partial charge on any atom is 0.0548 e. The average molecular weight is 1420 g/mol. The Kier molecular flexibility index (Phi) is 14.0. The fraction of sp³-hybridized carbons (Fsp3) is 0.00952. The topological polar surface area (TPSA) is 19.7 Å². The number of fused-ring (bicyclic) bond motifs is 21. The monoisotopic (exact) mass is 1410 g/mol. The van der Waals surface area contributed by atoms with E-state index in [-0.39, 0.29) is 0 Å². The zero-order chi connectivity index (χ0) is 72.1. The Morgan fingerprint density at radius 1 is 0.191 bits per heavy atom. The summed E-state index contributed by atoms with van der Waals surface area (Å²) in [5.41, 5.74) is 29.7. The molecular weight excluding hydrogens is 1350 g/mol. The molecule has 4 nitrogen and oxygen atoms in total. The van der Waals surface area contributed by atoms with Crippen molar-refractivity contribution in [1.82, 2.24) is 18.3 Å². The van der Waals surface area contributed by atoms with Crippen molar-refractivity contribution in [2.24, 2.45) is 0 Å². The molecule has 0 fully saturated rings. The molecule has 0 bridgehead atoms. The van der Waals surface area contributed by atoms with E-state index in [4.69, 9.17) is 0 Å². The molecule has 0 saturated heterocycles. The molecule has 0 atom stereocenters. The van der Waals surface area contributed by atoms with Crippen LogP contribution in [-0.4, -0.2) is 18.3 Å². The number of benzene rings is 18. The number of thiophene rings is 1. The highest BCUT2D eigenvalue weighted by Gasteiger charge is 2.27. The summed E-state index contributed by atoms with van der Waals surface area (Å²) in [6.45, 7) is 0. The average Bonchev–Trinajstić information content (AvgIpc) is 1.57. The van der Waals surface area contributed by atoms with Gasteiger partial charge in [-0.2, -0.15) is 0 Å². The summed E-state index contributed by atoms with van der Waals surface area (Å²) >= 11 is 1.88. The molecule has 0 amide bonds. The van der Waals surface area contributed by atoms with Gasteiger partial charge in [0.1, 0.15) is 0 Å². The highest BCUT2D eigenvalue weighted by atomic mass is 32.1. The first-order valence-electron chi connectivity index (χ1n) is 38.0. The van der Waals surface area contributed by atoms with Gasteiger partial charge in [0.05, 0.1) is 44.1 Å². The minimum atomic E-state index is 0.968. The van der Waals surface area contributed by atoms with Gasteiger partial charge in [-0.25, -0.2) is 0 Å². The molecule has 5 heteroatoms. The van der Waals surface area contributed by atoms with E-state index in [0.29, 0.717) is 0 Å². The molecule has 1 aliphatic carbocycles. The Morgan fingerprint density at radius 2 is 0.591 bits per heavy atom. The van der Waals surface area contributed by atoms with Crippen LogP contribution in [0.5, 0.6) is 0 Å². The number of hydrogen-bond acceptors (Lipinski definition) is 1. The lowest BCUT2D eigenvalue weighted by molar-refractivity contribution is 1.18. The lowest BCUT2D eigenvalue weighted by Crippen LogP contribution is -1.95. The van der Waals surface area contributed by atoms with Gasteiger partial charge in [0.25, 0.3) is 0 Å². The third-order valence-electron chi connectivity index (χ3n) is 23.4. The van der Waals surface area contributed by atoms with Crippen molar-refractivity contribution in [1.29, 1.82) is 0 Å². The Hall–Kier alpha value is -14.1. The molecule has 512 valence electrons. The van der Waals surface area contributed by atoms with Crippen LogP contribution in [0.15, 0.2) is 388 Å². The lowest BCUT2D eigenvalue weighted by atomic mass is 9.96. The van der Waals surface area contributed by atoms with Crippen LogP contribution >= 0.6 is 11.3 Å². The van der Waals surface area contributed by atoms with Crippen molar-refractivity contribution in [3.05, 3.63) is 399 Å². The van der Waals surface area contributed by atoms with E-state index in [1.165, 1.54) is 213 Å². The number of aromatic nitrogens is 4. The molecule has 5 aromatic heterocycles. The first-order chi connectivity index (χ1) is 54.5. The number of para-hydroxylation sites is 2. The minimum absolute atomic E-state index is 0.968. The molecule has 0 spiro atoms. The molecule has 110 heavy (non-hydrogen) atoms. The second-order valence-electron chi connectivity index (χ2n) is 29.5. The maximum absolute atomic E-state index is 2.47. The molecule has 0 radical (unpaired) electrons. The van der Waals surface area contributed by atoms with Crippen molar-refractivity contribution < 1.29 is 0 Å². The van der Waals surface area contributed by atoms with E-state index in [0.717, 1.165) is 12.1 Å². The van der Waals surface area contributed by atoms with Gasteiger partial charge in [0.15, 0.2) is 0 Å². The molecule has 1 aliphatic rings. The molecule has 5 heterocycles. The third kappa shape index (κ3) is 9.85. The fourth-order valence-electron chi connectivity index (χ4n) is 18.3. The lowest BCUT2D eigenvalue weighted by Gasteiger charge is -2.11. The van der Waals surface area contributed by atoms with E-state index < -0.39 is 0 Å². The van der Waals surface area contributed by atoms with Crippen molar-refractivity contribution in [3.8, 4) is 78.4 Å². The highest BCUT2D eigenvalue weighted by molar-refractivity contribution is 7.25. The molecule has 23 aromatic rings. The van der Waals surface area contributed by atoms with Gasteiger partial charge in [0, 0.05) is 86.0 Å². The molecule has 0 unspecified atom stereocenters. The van der Waals surface area contributed by atoms with E-state index in [9.17, 15) is 0 Å². The van der Waals surface area contributed by atoms with Gasteiger partial charge in [-0.1, -0.05) is 255 Å². The van der Waals surface area contributed by atoms with Crippen LogP contribution in [0.3, 0.4) is 0 Å². The Bertz CT molecular complexity index is 7750. The first-order valence-corrected chi connectivity index (χ1v) is 38.8. The summed E-state index contributed by atoms with van der Waals surface area (Å²) in [5, 5.41) is 17.8. The van der Waals surface area contributed by atoms with Gasteiger partial charge in [0.2, 0.25) is 0 Å². The Labute approximate surface area is 638 Å². The maximum atomic E-state index is 2.47. The second kappa shape index (κ2) is 24.7. The van der Waals surface area contributed by atoms with Crippen LogP contribution in [0.1, 0.15) is 11.1 Å². The van der Waals surface area contributed by atoms with Crippen LogP contribution in [-0.2, 0) is 6.42 Å². The zero-order valence-electron chi connectivity index (χ0n) is 59.9. The van der Waals surface area contributed by atoms with Crippen molar-refractivity contribution >= 4 is 140 Å².